The van der Waals surface area contributed by atoms with Gasteiger partial charge in [0, 0.05) is 13.1 Å². The van der Waals surface area contributed by atoms with Crippen molar-refractivity contribution >= 4 is 39.1 Å². The molecule has 3 heterocycles. The standard InChI is InChI=1S/C9H15ClN4OSSi/c10-8-11-6-5(16-8)7(13-9(17)12-6)14-1-3-15-4-2-14/h6,8,11H,1-4H2,17H3,(H,12,13). The number of halogens is 1. The molecule has 0 aromatic carbocycles. The molecular formula is C9H15ClN4OSSi. The molecule has 3 aliphatic heterocycles. The predicted octanol–water partition coefficient (Wildman–Crippen LogP) is -1.00. The number of ether oxygens (including phenoxy) is 1. The van der Waals surface area contributed by atoms with Crippen LogP contribution in [0.5, 0.6) is 0 Å². The van der Waals surface area contributed by atoms with Crippen LogP contribution in [-0.4, -0.2) is 57.9 Å². The summed E-state index contributed by atoms with van der Waals surface area (Å²) >= 11 is 7.78. The molecule has 3 aliphatic rings. The fourth-order valence-electron chi connectivity index (χ4n) is 2.17. The van der Waals surface area contributed by atoms with Crippen LogP contribution in [0.4, 0.5) is 0 Å². The fourth-order valence-corrected chi connectivity index (χ4v) is 4.05. The highest BCUT2D eigenvalue weighted by atomic mass is 35.5. The van der Waals surface area contributed by atoms with E-state index >= 15 is 0 Å². The van der Waals surface area contributed by atoms with Crippen LogP contribution in [-0.2, 0) is 4.74 Å². The fraction of sp³-hybridized carbons (Fsp3) is 0.667. The summed E-state index contributed by atoms with van der Waals surface area (Å²) in [6, 6.07) is 0. The Morgan fingerprint density at radius 3 is 3.00 bits per heavy atom. The number of rotatable bonds is 1. The van der Waals surface area contributed by atoms with Crippen molar-refractivity contribution in [1.29, 1.82) is 0 Å². The normalized spacial score (nSPS) is 33.5. The van der Waals surface area contributed by atoms with Crippen molar-refractivity contribution in [3.8, 4) is 0 Å². The van der Waals surface area contributed by atoms with Gasteiger partial charge in [-0.2, -0.15) is 0 Å². The molecule has 8 heteroatoms. The maximum atomic E-state index is 6.13. The highest BCUT2D eigenvalue weighted by Gasteiger charge is 2.35. The Morgan fingerprint density at radius 1 is 1.47 bits per heavy atom. The second-order valence-corrected chi connectivity index (χ2v) is 6.95. The van der Waals surface area contributed by atoms with Crippen LogP contribution in [0.1, 0.15) is 0 Å². The summed E-state index contributed by atoms with van der Waals surface area (Å²) in [5.41, 5.74) is 1.07. The van der Waals surface area contributed by atoms with Gasteiger partial charge in [0.25, 0.3) is 0 Å². The van der Waals surface area contributed by atoms with E-state index in [1.165, 1.54) is 4.91 Å². The van der Waals surface area contributed by atoms with Crippen molar-refractivity contribution in [2.45, 2.75) is 11.0 Å². The van der Waals surface area contributed by atoms with Gasteiger partial charge in [0.05, 0.1) is 33.8 Å². The summed E-state index contributed by atoms with van der Waals surface area (Å²) in [6.45, 7) is 3.39. The van der Waals surface area contributed by atoms with Crippen molar-refractivity contribution in [3.05, 3.63) is 10.7 Å². The minimum Gasteiger partial charge on any atom is -0.378 e. The lowest BCUT2D eigenvalue weighted by molar-refractivity contribution is 0.0525. The lowest BCUT2D eigenvalue weighted by atomic mass is 10.3. The van der Waals surface area contributed by atoms with Gasteiger partial charge in [-0.05, 0) is 0 Å². The van der Waals surface area contributed by atoms with E-state index in [1.807, 2.05) is 0 Å². The van der Waals surface area contributed by atoms with Crippen molar-refractivity contribution in [3.63, 3.8) is 0 Å². The van der Waals surface area contributed by atoms with Crippen LogP contribution in [0.15, 0.2) is 15.7 Å². The zero-order valence-corrected chi connectivity index (χ0v) is 13.1. The van der Waals surface area contributed by atoms with E-state index in [1.54, 1.807) is 11.8 Å². The van der Waals surface area contributed by atoms with Gasteiger partial charge < -0.3 is 15.0 Å². The number of thioether (sulfide) groups is 1. The highest BCUT2D eigenvalue weighted by molar-refractivity contribution is 8.05. The maximum Gasteiger partial charge on any atom is 0.143 e. The van der Waals surface area contributed by atoms with Gasteiger partial charge in [0.15, 0.2) is 0 Å². The maximum absolute atomic E-state index is 6.13. The second kappa shape index (κ2) is 4.81. The molecule has 0 aromatic rings. The molecule has 0 radical (unpaired) electrons. The minimum absolute atomic E-state index is 0.0682. The molecule has 0 amide bonds. The summed E-state index contributed by atoms with van der Waals surface area (Å²) in [7, 11) is 0.919. The number of amidine groups is 1. The number of hydrogen-bond donors (Lipinski definition) is 2. The van der Waals surface area contributed by atoms with E-state index in [2.05, 4.69) is 20.5 Å². The largest absolute Gasteiger partial charge is 0.378 e. The number of fused-ring (bicyclic) bond motifs is 1. The number of hydrogen-bond acceptors (Lipinski definition) is 6. The highest BCUT2D eigenvalue weighted by Crippen LogP contribution is 2.37. The van der Waals surface area contributed by atoms with Gasteiger partial charge >= 0.3 is 0 Å². The van der Waals surface area contributed by atoms with Crippen molar-refractivity contribution in [2.75, 3.05) is 26.3 Å². The first-order valence-corrected chi connectivity index (χ1v) is 8.01. The molecule has 3 rings (SSSR count). The molecule has 2 atom stereocenters. The molecule has 2 N–H and O–H groups in total. The summed E-state index contributed by atoms with van der Waals surface area (Å²) < 4.78 is 5.38. The van der Waals surface area contributed by atoms with E-state index in [0.29, 0.717) is 0 Å². The number of nitrogens with one attached hydrogen (secondary N) is 2. The van der Waals surface area contributed by atoms with Crippen LogP contribution in [0, 0.1) is 0 Å². The van der Waals surface area contributed by atoms with Crippen LogP contribution < -0.4 is 10.6 Å². The van der Waals surface area contributed by atoms with Gasteiger partial charge in [0.2, 0.25) is 0 Å². The zero-order valence-electron chi connectivity index (χ0n) is 9.57. The summed E-state index contributed by atoms with van der Waals surface area (Å²) in [5, 5.41) is 6.66. The number of aliphatic imine (C=N–C) groups is 1. The molecule has 94 valence electrons. The zero-order chi connectivity index (χ0) is 11.8. The van der Waals surface area contributed by atoms with E-state index in [4.69, 9.17) is 16.3 Å². The number of alkyl halides is 1. The molecule has 17 heavy (non-hydrogen) atoms. The molecule has 0 bridgehead atoms. The van der Waals surface area contributed by atoms with Crippen LogP contribution in [0.25, 0.3) is 0 Å². The van der Waals surface area contributed by atoms with Crippen LogP contribution >= 0.6 is 23.4 Å². The average Bonchev–Trinajstić information content (AvgIpc) is 2.69. The summed E-state index contributed by atoms with van der Waals surface area (Å²) in [5.74, 6) is 1.09. The smallest absolute Gasteiger partial charge is 0.143 e. The average molecular weight is 291 g/mol. The first-order chi connectivity index (χ1) is 8.24. The van der Waals surface area contributed by atoms with Crippen molar-refractivity contribution in [2.24, 2.45) is 4.99 Å². The van der Waals surface area contributed by atoms with E-state index in [-0.39, 0.29) is 11.0 Å². The lowest BCUT2D eigenvalue weighted by Gasteiger charge is -2.33. The van der Waals surface area contributed by atoms with E-state index in [9.17, 15) is 0 Å². The second-order valence-electron chi connectivity index (χ2n) is 4.16. The Labute approximate surface area is 112 Å². The summed E-state index contributed by atoms with van der Waals surface area (Å²) in [6.07, 6.45) is 0.144. The van der Waals surface area contributed by atoms with Gasteiger partial charge in [-0.15, -0.1) is 0 Å². The Bertz CT molecular complexity index is 385. The van der Waals surface area contributed by atoms with Crippen molar-refractivity contribution in [1.82, 2.24) is 15.5 Å². The number of nitrogens with zero attached hydrogens (tertiary/aromatic N) is 2. The lowest BCUT2D eigenvalue weighted by Crippen LogP contribution is -2.48. The molecule has 2 saturated heterocycles. The summed E-state index contributed by atoms with van der Waals surface area (Å²) in [4.78, 5) is 8.13. The molecule has 0 aliphatic carbocycles. The monoisotopic (exact) mass is 290 g/mol. The molecule has 5 nitrogen and oxygen atoms in total. The third-order valence-electron chi connectivity index (χ3n) is 2.95. The quantitative estimate of drug-likeness (QED) is 0.368. The molecular weight excluding hydrogens is 276 g/mol. The molecule has 2 unspecified atom stereocenters. The third-order valence-corrected chi connectivity index (χ3v) is 4.87. The molecule has 0 aromatic heterocycles. The Kier molecular flexibility index (Phi) is 3.35. The van der Waals surface area contributed by atoms with E-state index < -0.39 is 0 Å². The Morgan fingerprint density at radius 2 is 2.24 bits per heavy atom. The van der Waals surface area contributed by atoms with E-state index in [0.717, 1.165) is 47.8 Å². The number of morpholine rings is 1. The van der Waals surface area contributed by atoms with Crippen LogP contribution in [0.3, 0.4) is 0 Å². The van der Waals surface area contributed by atoms with Crippen LogP contribution in [0.2, 0.25) is 0 Å². The van der Waals surface area contributed by atoms with Gasteiger partial charge in [-0.3, -0.25) is 5.32 Å². The predicted molar refractivity (Wildman–Crippen MR) is 74.1 cm³/mol. The Balaban J connectivity index is 1.90. The molecule has 0 spiro atoms. The third kappa shape index (κ3) is 2.34. The Hall–Kier alpha value is -0.213. The minimum atomic E-state index is -0.0682. The van der Waals surface area contributed by atoms with Gasteiger partial charge in [0.1, 0.15) is 16.8 Å². The SMILES string of the molecule is [SiH3]C1=NC(N2CCOCC2)=C2SC(Cl)NC2N1. The molecule has 2 fully saturated rings. The van der Waals surface area contributed by atoms with Crippen molar-refractivity contribution < 1.29 is 4.74 Å². The molecule has 0 saturated carbocycles. The first kappa shape index (κ1) is 11.9. The van der Waals surface area contributed by atoms with Gasteiger partial charge in [-0.1, -0.05) is 23.4 Å². The first-order valence-electron chi connectivity index (χ1n) is 5.69. The topological polar surface area (TPSA) is 48.9 Å². The van der Waals surface area contributed by atoms with Gasteiger partial charge in [-0.25, -0.2) is 4.99 Å².